The molecule has 1 aromatic carbocycles. The summed E-state index contributed by atoms with van der Waals surface area (Å²) in [7, 11) is 0. The average Bonchev–Trinajstić information content (AvgIpc) is 2.27. The van der Waals surface area contributed by atoms with E-state index >= 15 is 0 Å². The minimum absolute atomic E-state index is 0.281. The Labute approximate surface area is 96.1 Å². The van der Waals surface area contributed by atoms with E-state index in [1.165, 1.54) is 11.1 Å². The van der Waals surface area contributed by atoms with Crippen LogP contribution in [0.1, 0.15) is 31.4 Å². The Kier molecular flexibility index (Phi) is 4.83. The van der Waals surface area contributed by atoms with Crippen LogP contribution in [0.15, 0.2) is 18.2 Å². The number of aryl methyl sites for hydroxylation is 2. The van der Waals surface area contributed by atoms with Crippen LogP contribution in [0.5, 0.6) is 5.75 Å². The fourth-order valence-electron chi connectivity index (χ4n) is 1.68. The van der Waals surface area contributed by atoms with E-state index in [9.17, 15) is 4.79 Å². The van der Waals surface area contributed by atoms with Gasteiger partial charge in [0, 0.05) is 0 Å². The van der Waals surface area contributed by atoms with Gasteiger partial charge in [0.2, 0.25) is 0 Å². The second-order valence-electron chi connectivity index (χ2n) is 3.72. The third-order valence-corrected chi connectivity index (χ3v) is 2.44. The summed E-state index contributed by atoms with van der Waals surface area (Å²) in [6.07, 6.45) is 3.08. The Morgan fingerprint density at radius 2 is 2.06 bits per heavy atom. The molecule has 0 radical (unpaired) electrons. The largest absolute Gasteiger partial charge is 0.482 e. The smallest absolute Gasteiger partial charge is 0.341 e. The van der Waals surface area contributed by atoms with Gasteiger partial charge in [0.1, 0.15) is 5.75 Å². The van der Waals surface area contributed by atoms with E-state index in [-0.39, 0.29) is 6.61 Å². The molecule has 1 N–H and O–H groups in total. The molecule has 0 saturated carbocycles. The molecule has 0 spiro atoms. The van der Waals surface area contributed by atoms with E-state index in [4.69, 9.17) is 9.84 Å². The first kappa shape index (κ1) is 12.6. The molecule has 1 rings (SSSR count). The minimum Gasteiger partial charge on any atom is -0.482 e. The van der Waals surface area contributed by atoms with Crippen molar-refractivity contribution in [2.24, 2.45) is 0 Å². The van der Waals surface area contributed by atoms with Crippen LogP contribution in [-0.2, 0) is 17.6 Å². The summed E-state index contributed by atoms with van der Waals surface area (Å²) in [5.74, 6) is -0.306. The summed E-state index contributed by atoms with van der Waals surface area (Å²) in [4.78, 5) is 10.4. The number of hydrogen-bond acceptors (Lipinski definition) is 2. The maximum atomic E-state index is 10.4. The Bertz CT molecular complexity index is 358. The van der Waals surface area contributed by atoms with Crippen LogP contribution in [0.2, 0.25) is 0 Å². The number of ether oxygens (including phenoxy) is 1. The van der Waals surface area contributed by atoms with E-state index in [1.54, 1.807) is 0 Å². The van der Waals surface area contributed by atoms with Crippen molar-refractivity contribution < 1.29 is 14.6 Å². The van der Waals surface area contributed by atoms with Gasteiger partial charge in [-0.2, -0.15) is 0 Å². The third kappa shape index (κ3) is 3.57. The summed E-state index contributed by atoms with van der Waals surface area (Å²) in [5, 5.41) is 8.52. The fraction of sp³-hybridized carbons (Fsp3) is 0.462. The van der Waals surface area contributed by atoms with E-state index in [2.05, 4.69) is 13.8 Å². The quantitative estimate of drug-likeness (QED) is 0.804. The van der Waals surface area contributed by atoms with Gasteiger partial charge in [0.25, 0.3) is 0 Å². The number of benzene rings is 1. The summed E-state index contributed by atoms with van der Waals surface area (Å²) < 4.78 is 5.15. The molecule has 0 unspecified atom stereocenters. The summed E-state index contributed by atoms with van der Waals surface area (Å²) in [5.41, 5.74) is 2.57. The molecular formula is C13H18O3. The van der Waals surface area contributed by atoms with Crippen molar-refractivity contribution in [2.75, 3.05) is 6.61 Å². The summed E-state index contributed by atoms with van der Waals surface area (Å²) in [6, 6.07) is 5.80. The summed E-state index contributed by atoms with van der Waals surface area (Å²) in [6.45, 7) is 3.97. The van der Waals surface area contributed by atoms with Crippen LogP contribution in [0, 0.1) is 0 Å². The van der Waals surface area contributed by atoms with Gasteiger partial charge in [-0.3, -0.25) is 0 Å². The second-order valence-corrected chi connectivity index (χ2v) is 3.72. The number of carboxylic acids is 1. The molecule has 0 fully saturated rings. The highest BCUT2D eigenvalue weighted by Gasteiger charge is 2.04. The van der Waals surface area contributed by atoms with E-state index in [1.807, 2.05) is 18.2 Å². The normalized spacial score (nSPS) is 10.1. The minimum atomic E-state index is -0.948. The number of carbonyl (C=O) groups is 1. The number of carboxylic acid groups (broad SMARTS) is 1. The lowest BCUT2D eigenvalue weighted by Crippen LogP contribution is -2.09. The predicted octanol–water partition coefficient (Wildman–Crippen LogP) is 2.66. The topological polar surface area (TPSA) is 46.5 Å². The van der Waals surface area contributed by atoms with Crippen LogP contribution in [0.25, 0.3) is 0 Å². The Hall–Kier alpha value is -1.51. The maximum absolute atomic E-state index is 10.4. The predicted molar refractivity (Wildman–Crippen MR) is 62.9 cm³/mol. The van der Waals surface area contributed by atoms with Crippen LogP contribution < -0.4 is 4.74 Å². The van der Waals surface area contributed by atoms with Gasteiger partial charge in [-0.25, -0.2) is 4.79 Å². The van der Waals surface area contributed by atoms with Gasteiger partial charge in [0.15, 0.2) is 6.61 Å². The lowest BCUT2D eigenvalue weighted by atomic mass is 10.0. The number of aliphatic carboxylic acids is 1. The molecule has 0 saturated heterocycles. The van der Waals surface area contributed by atoms with Crippen molar-refractivity contribution in [1.29, 1.82) is 0 Å². The molecular weight excluding hydrogens is 204 g/mol. The van der Waals surface area contributed by atoms with Crippen molar-refractivity contribution in [3.8, 4) is 5.75 Å². The molecule has 0 aliphatic carbocycles. The highest BCUT2D eigenvalue weighted by Crippen LogP contribution is 2.20. The molecule has 3 heteroatoms. The van der Waals surface area contributed by atoms with Crippen LogP contribution in [-0.4, -0.2) is 17.7 Å². The first-order chi connectivity index (χ1) is 7.67. The molecule has 0 bridgehead atoms. The van der Waals surface area contributed by atoms with Gasteiger partial charge in [0.05, 0.1) is 0 Å². The Balaban J connectivity index is 2.79. The van der Waals surface area contributed by atoms with Crippen LogP contribution in [0.3, 0.4) is 0 Å². The van der Waals surface area contributed by atoms with Gasteiger partial charge in [-0.05, 0) is 36.1 Å². The van der Waals surface area contributed by atoms with Crippen LogP contribution >= 0.6 is 0 Å². The van der Waals surface area contributed by atoms with Gasteiger partial charge in [-0.15, -0.1) is 0 Å². The number of rotatable bonds is 6. The molecule has 16 heavy (non-hydrogen) atoms. The molecule has 0 aromatic heterocycles. The highest BCUT2D eigenvalue weighted by atomic mass is 16.5. The van der Waals surface area contributed by atoms with Gasteiger partial charge >= 0.3 is 5.97 Å². The lowest BCUT2D eigenvalue weighted by Gasteiger charge is -2.10. The first-order valence-corrected chi connectivity index (χ1v) is 5.63. The Morgan fingerprint density at radius 1 is 1.31 bits per heavy atom. The first-order valence-electron chi connectivity index (χ1n) is 5.63. The zero-order valence-corrected chi connectivity index (χ0v) is 9.82. The van der Waals surface area contributed by atoms with Crippen molar-refractivity contribution in [1.82, 2.24) is 0 Å². The SMILES string of the molecule is CCCc1cc(OCC(=O)O)ccc1CC. The molecule has 0 aliphatic rings. The molecule has 88 valence electrons. The van der Waals surface area contributed by atoms with Crippen molar-refractivity contribution in [2.45, 2.75) is 33.1 Å². The van der Waals surface area contributed by atoms with E-state index in [0.29, 0.717) is 5.75 Å². The highest BCUT2D eigenvalue weighted by molar-refractivity contribution is 5.68. The van der Waals surface area contributed by atoms with Crippen molar-refractivity contribution >= 4 is 5.97 Å². The van der Waals surface area contributed by atoms with Crippen LogP contribution in [0.4, 0.5) is 0 Å². The lowest BCUT2D eigenvalue weighted by molar-refractivity contribution is -0.139. The second kappa shape index (κ2) is 6.16. The molecule has 0 aliphatic heterocycles. The van der Waals surface area contributed by atoms with Gasteiger partial charge in [-0.1, -0.05) is 26.3 Å². The Morgan fingerprint density at radius 3 is 2.62 bits per heavy atom. The molecule has 0 heterocycles. The molecule has 3 nitrogen and oxygen atoms in total. The van der Waals surface area contributed by atoms with E-state index in [0.717, 1.165) is 19.3 Å². The third-order valence-electron chi connectivity index (χ3n) is 2.44. The zero-order valence-electron chi connectivity index (χ0n) is 9.82. The molecule has 0 amide bonds. The molecule has 1 aromatic rings. The van der Waals surface area contributed by atoms with Crippen molar-refractivity contribution in [3.63, 3.8) is 0 Å². The van der Waals surface area contributed by atoms with Crippen molar-refractivity contribution in [3.05, 3.63) is 29.3 Å². The standard InChI is InChI=1S/C13H18O3/c1-3-5-11-8-12(16-9-13(14)15)7-6-10(11)4-2/h6-8H,3-5,9H2,1-2H3,(H,14,15). The fourth-order valence-corrected chi connectivity index (χ4v) is 1.68. The maximum Gasteiger partial charge on any atom is 0.341 e. The van der Waals surface area contributed by atoms with E-state index < -0.39 is 5.97 Å². The summed E-state index contributed by atoms with van der Waals surface area (Å²) >= 11 is 0. The zero-order chi connectivity index (χ0) is 12.0. The number of hydrogen-bond donors (Lipinski definition) is 1. The molecule has 0 atom stereocenters. The van der Waals surface area contributed by atoms with Gasteiger partial charge < -0.3 is 9.84 Å². The average molecular weight is 222 g/mol. The monoisotopic (exact) mass is 222 g/mol.